The minimum absolute atomic E-state index is 0.176. The Morgan fingerprint density at radius 2 is 1.71 bits per heavy atom. The molecule has 9 heteroatoms. The van der Waals surface area contributed by atoms with Crippen molar-refractivity contribution >= 4 is 23.2 Å². The minimum Gasteiger partial charge on any atom is -0.464 e. The molecular formula is C22H18F3NO4S. The molecule has 0 saturated heterocycles. The second kappa shape index (κ2) is 9.65. The van der Waals surface area contributed by atoms with Crippen LogP contribution in [0.4, 0.5) is 13.2 Å². The van der Waals surface area contributed by atoms with Crippen LogP contribution in [0.25, 0.3) is 11.1 Å². The van der Waals surface area contributed by atoms with Gasteiger partial charge in [0.2, 0.25) is 0 Å². The highest BCUT2D eigenvalue weighted by Gasteiger charge is 2.31. The average molecular weight is 449 g/mol. The molecule has 3 aromatic rings. The van der Waals surface area contributed by atoms with Gasteiger partial charge >= 0.3 is 12.3 Å². The zero-order valence-corrected chi connectivity index (χ0v) is 17.1. The lowest BCUT2D eigenvalue weighted by Gasteiger charge is -2.17. The summed E-state index contributed by atoms with van der Waals surface area (Å²) >= 11 is 1.15. The number of nitrogens with one attached hydrogen (secondary N) is 1. The number of carbonyl (C=O) groups is 2. The van der Waals surface area contributed by atoms with Crippen molar-refractivity contribution in [3.8, 4) is 16.9 Å². The summed E-state index contributed by atoms with van der Waals surface area (Å²) in [5.74, 6) is -1.36. The zero-order valence-electron chi connectivity index (χ0n) is 16.3. The molecule has 0 fully saturated rings. The third kappa shape index (κ3) is 6.08. The number of amides is 1. The first-order chi connectivity index (χ1) is 14.8. The van der Waals surface area contributed by atoms with Crippen LogP contribution in [0.5, 0.6) is 5.75 Å². The van der Waals surface area contributed by atoms with Crippen LogP contribution in [-0.2, 0) is 9.53 Å². The van der Waals surface area contributed by atoms with Gasteiger partial charge in [-0.15, -0.1) is 24.5 Å². The molecule has 162 valence electrons. The van der Waals surface area contributed by atoms with Gasteiger partial charge in [-0.25, -0.2) is 4.79 Å². The maximum absolute atomic E-state index is 12.7. The van der Waals surface area contributed by atoms with Crippen molar-refractivity contribution in [2.45, 2.75) is 19.3 Å². The fourth-order valence-corrected chi connectivity index (χ4v) is 3.63. The lowest BCUT2D eigenvalue weighted by molar-refractivity contribution is -0.274. The lowest BCUT2D eigenvalue weighted by atomic mass is 10.1. The third-order valence-corrected chi connectivity index (χ3v) is 5.10. The van der Waals surface area contributed by atoms with Gasteiger partial charge in [-0.05, 0) is 47.2 Å². The Balaban J connectivity index is 1.75. The number of halogens is 3. The van der Waals surface area contributed by atoms with Crippen molar-refractivity contribution in [2.75, 3.05) is 6.61 Å². The normalized spacial score (nSPS) is 12.1. The van der Waals surface area contributed by atoms with E-state index in [1.54, 1.807) is 48.7 Å². The molecule has 1 atom stereocenters. The molecule has 2 aromatic carbocycles. The van der Waals surface area contributed by atoms with Crippen LogP contribution in [0.2, 0.25) is 0 Å². The van der Waals surface area contributed by atoms with Crippen LogP contribution in [0.1, 0.15) is 28.2 Å². The van der Waals surface area contributed by atoms with E-state index >= 15 is 0 Å². The van der Waals surface area contributed by atoms with Crippen LogP contribution < -0.4 is 10.1 Å². The first kappa shape index (κ1) is 22.4. The van der Waals surface area contributed by atoms with Crippen molar-refractivity contribution in [2.24, 2.45) is 0 Å². The SMILES string of the molecule is CCOC(=O)[C@@H](NC(=O)c1cc(-c2ccc(OC(F)(F)F)cc2)cs1)c1ccccc1. The fourth-order valence-electron chi connectivity index (χ4n) is 2.81. The molecule has 0 unspecified atom stereocenters. The van der Waals surface area contributed by atoms with Gasteiger partial charge in [-0.1, -0.05) is 42.5 Å². The topological polar surface area (TPSA) is 64.6 Å². The first-order valence-corrected chi connectivity index (χ1v) is 10.1. The Labute approximate surface area is 180 Å². The second-order valence-electron chi connectivity index (χ2n) is 6.34. The minimum atomic E-state index is -4.76. The number of esters is 1. The molecule has 5 nitrogen and oxygen atoms in total. The Morgan fingerprint density at radius 1 is 1.03 bits per heavy atom. The number of hydrogen-bond acceptors (Lipinski definition) is 5. The molecule has 0 aliphatic carbocycles. The summed E-state index contributed by atoms with van der Waals surface area (Å²) < 4.78 is 45.8. The monoisotopic (exact) mass is 449 g/mol. The Hall–Kier alpha value is -3.33. The van der Waals surface area contributed by atoms with Gasteiger partial charge in [-0.3, -0.25) is 4.79 Å². The third-order valence-electron chi connectivity index (χ3n) is 4.18. The van der Waals surface area contributed by atoms with E-state index in [0.29, 0.717) is 21.6 Å². The van der Waals surface area contributed by atoms with E-state index in [1.165, 1.54) is 24.3 Å². The predicted molar refractivity (Wildman–Crippen MR) is 110 cm³/mol. The molecule has 31 heavy (non-hydrogen) atoms. The second-order valence-corrected chi connectivity index (χ2v) is 7.25. The zero-order chi connectivity index (χ0) is 22.4. The molecule has 0 bridgehead atoms. The number of carbonyl (C=O) groups excluding carboxylic acids is 2. The Bertz CT molecular complexity index is 1030. The molecular weight excluding hydrogens is 431 g/mol. The van der Waals surface area contributed by atoms with Gasteiger partial charge < -0.3 is 14.8 Å². The highest BCUT2D eigenvalue weighted by molar-refractivity contribution is 7.12. The summed E-state index contributed by atoms with van der Waals surface area (Å²) in [6.45, 7) is 1.85. The molecule has 1 amide bonds. The Kier molecular flexibility index (Phi) is 6.96. The maximum Gasteiger partial charge on any atom is 0.573 e. The summed E-state index contributed by atoms with van der Waals surface area (Å²) in [5, 5.41) is 4.39. The average Bonchev–Trinajstić information content (AvgIpc) is 3.22. The molecule has 1 N–H and O–H groups in total. The van der Waals surface area contributed by atoms with Gasteiger partial charge in [0.25, 0.3) is 5.91 Å². The number of benzene rings is 2. The van der Waals surface area contributed by atoms with Crippen molar-refractivity contribution in [3.63, 3.8) is 0 Å². The molecule has 0 aliphatic rings. The summed E-state index contributed by atoms with van der Waals surface area (Å²) in [4.78, 5) is 25.4. The van der Waals surface area contributed by atoms with Gasteiger partial charge in [0.05, 0.1) is 11.5 Å². The summed E-state index contributed by atoms with van der Waals surface area (Å²) in [7, 11) is 0. The van der Waals surface area contributed by atoms with Gasteiger partial charge in [0.15, 0.2) is 6.04 Å². The van der Waals surface area contributed by atoms with Crippen molar-refractivity contribution in [3.05, 3.63) is 76.5 Å². The molecule has 0 aliphatic heterocycles. The van der Waals surface area contributed by atoms with E-state index < -0.39 is 24.3 Å². The van der Waals surface area contributed by atoms with E-state index in [1.807, 2.05) is 0 Å². The number of hydrogen-bond donors (Lipinski definition) is 1. The molecule has 0 radical (unpaired) electrons. The molecule has 3 rings (SSSR count). The quantitative estimate of drug-likeness (QED) is 0.494. The fraction of sp³-hybridized carbons (Fsp3) is 0.182. The smallest absolute Gasteiger partial charge is 0.464 e. The van der Waals surface area contributed by atoms with Crippen molar-refractivity contribution < 1.29 is 32.2 Å². The summed E-state index contributed by atoms with van der Waals surface area (Å²) in [6.07, 6.45) is -4.76. The number of alkyl halides is 3. The highest BCUT2D eigenvalue weighted by Crippen LogP contribution is 2.29. The summed E-state index contributed by atoms with van der Waals surface area (Å²) in [5.41, 5.74) is 1.86. The molecule has 1 aromatic heterocycles. The van der Waals surface area contributed by atoms with E-state index in [4.69, 9.17) is 4.74 Å². The molecule has 1 heterocycles. The number of rotatable bonds is 7. The van der Waals surface area contributed by atoms with Gasteiger partial charge in [-0.2, -0.15) is 0 Å². The lowest BCUT2D eigenvalue weighted by Crippen LogP contribution is -2.34. The number of thiophene rings is 1. The van der Waals surface area contributed by atoms with Gasteiger partial charge in [0, 0.05) is 0 Å². The predicted octanol–water partition coefficient (Wildman–Crippen LogP) is 5.35. The van der Waals surface area contributed by atoms with E-state index in [2.05, 4.69) is 10.1 Å². The first-order valence-electron chi connectivity index (χ1n) is 9.24. The highest BCUT2D eigenvalue weighted by atomic mass is 32.1. The summed E-state index contributed by atoms with van der Waals surface area (Å²) in [6, 6.07) is 14.7. The van der Waals surface area contributed by atoms with Crippen LogP contribution in [0.15, 0.2) is 66.0 Å². The standard InChI is InChI=1S/C22H18F3NO4S/c1-2-29-21(28)19(15-6-4-3-5-7-15)26-20(27)18-12-16(13-31-18)14-8-10-17(11-9-14)30-22(23,24)25/h3-13,19H,2H2,1H3,(H,26,27)/t19-/m0/s1. The van der Waals surface area contributed by atoms with E-state index in [9.17, 15) is 22.8 Å². The van der Waals surface area contributed by atoms with Crippen LogP contribution in [0.3, 0.4) is 0 Å². The molecule has 0 saturated carbocycles. The van der Waals surface area contributed by atoms with Crippen molar-refractivity contribution in [1.82, 2.24) is 5.32 Å². The molecule has 0 spiro atoms. The number of ether oxygens (including phenoxy) is 2. The van der Waals surface area contributed by atoms with Crippen LogP contribution in [-0.4, -0.2) is 24.8 Å². The van der Waals surface area contributed by atoms with E-state index in [0.717, 1.165) is 11.3 Å². The van der Waals surface area contributed by atoms with Crippen molar-refractivity contribution in [1.29, 1.82) is 0 Å². The van der Waals surface area contributed by atoms with Crippen LogP contribution >= 0.6 is 11.3 Å². The van der Waals surface area contributed by atoms with E-state index in [-0.39, 0.29) is 12.4 Å². The Morgan fingerprint density at radius 3 is 2.32 bits per heavy atom. The largest absolute Gasteiger partial charge is 0.573 e. The van der Waals surface area contributed by atoms with Gasteiger partial charge in [0.1, 0.15) is 5.75 Å². The maximum atomic E-state index is 12.7. The van der Waals surface area contributed by atoms with Crippen LogP contribution in [0, 0.1) is 0 Å².